The quantitative estimate of drug-likeness (QED) is 0.762. The molecule has 4 heteroatoms. The molecule has 0 aliphatic rings. The predicted molar refractivity (Wildman–Crippen MR) is 75.0 cm³/mol. The highest BCUT2D eigenvalue weighted by Gasteiger charge is 2.12. The number of para-hydroxylation sites is 1. The summed E-state index contributed by atoms with van der Waals surface area (Å²) in [5, 5.41) is 0. The van der Waals surface area contributed by atoms with Crippen LogP contribution in [-0.2, 0) is 16.0 Å². The number of benzene rings is 1. The third-order valence-electron chi connectivity index (χ3n) is 2.99. The molecule has 0 saturated heterocycles. The van der Waals surface area contributed by atoms with Gasteiger partial charge < -0.3 is 20.1 Å². The third-order valence-corrected chi connectivity index (χ3v) is 2.99. The van der Waals surface area contributed by atoms with Crippen molar-refractivity contribution in [1.82, 2.24) is 0 Å². The lowest BCUT2D eigenvalue weighted by atomic mass is 10.1. The number of methoxy groups -OCH3 is 2. The molecule has 1 aromatic carbocycles. The van der Waals surface area contributed by atoms with E-state index in [2.05, 4.69) is 24.0 Å². The molecule has 4 nitrogen and oxygen atoms in total. The maximum atomic E-state index is 5.83. The second kappa shape index (κ2) is 8.08. The normalized spacial score (nSPS) is 10.7. The molecule has 2 N–H and O–H groups in total. The Labute approximate surface area is 110 Å². The van der Waals surface area contributed by atoms with Crippen molar-refractivity contribution in [1.29, 1.82) is 0 Å². The molecule has 0 aromatic heterocycles. The Morgan fingerprint density at radius 3 is 2.22 bits per heavy atom. The number of aryl methyl sites for hydroxylation is 1. The van der Waals surface area contributed by atoms with Crippen LogP contribution in [0.2, 0.25) is 0 Å². The summed E-state index contributed by atoms with van der Waals surface area (Å²) in [6, 6.07) is 6.24. The first-order valence-corrected chi connectivity index (χ1v) is 6.26. The molecule has 1 aromatic rings. The fraction of sp³-hybridized carbons (Fsp3) is 0.571. The van der Waals surface area contributed by atoms with Gasteiger partial charge in [-0.05, 0) is 18.1 Å². The summed E-state index contributed by atoms with van der Waals surface area (Å²) < 4.78 is 10.3. The molecule has 0 aliphatic heterocycles. The standard InChI is InChI=1S/C14H24N2O2/c1-12-5-4-6-13(11-15)14(12)16(7-9-17-2)8-10-18-3/h4-6H,7-11,15H2,1-3H3. The lowest BCUT2D eigenvalue weighted by Gasteiger charge is -2.28. The summed E-state index contributed by atoms with van der Waals surface area (Å²) in [4.78, 5) is 2.28. The van der Waals surface area contributed by atoms with E-state index in [1.807, 2.05) is 6.07 Å². The van der Waals surface area contributed by atoms with Crippen molar-refractivity contribution in [2.24, 2.45) is 5.73 Å². The maximum absolute atomic E-state index is 5.83. The van der Waals surface area contributed by atoms with Crippen LogP contribution in [0.3, 0.4) is 0 Å². The smallest absolute Gasteiger partial charge is 0.0637 e. The molecule has 0 unspecified atom stereocenters. The van der Waals surface area contributed by atoms with Crippen LogP contribution in [0.4, 0.5) is 5.69 Å². The number of hydrogen-bond acceptors (Lipinski definition) is 4. The zero-order chi connectivity index (χ0) is 13.4. The zero-order valence-corrected chi connectivity index (χ0v) is 11.6. The van der Waals surface area contributed by atoms with Gasteiger partial charge in [-0.2, -0.15) is 0 Å². The summed E-state index contributed by atoms with van der Waals surface area (Å²) in [6.45, 7) is 5.74. The highest BCUT2D eigenvalue weighted by atomic mass is 16.5. The molecule has 0 atom stereocenters. The lowest BCUT2D eigenvalue weighted by molar-refractivity contribution is 0.190. The van der Waals surface area contributed by atoms with Crippen molar-refractivity contribution in [3.8, 4) is 0 Å². The van der Waals surface area contributed by atoms with Crippen molar-refractivity contribution in [2.45, 2.75) is 13.5 Å². The van der Waals surface area contributed by atoms with E-state index in [1.54, 1.807) is 14.2 Å². The minimum absolute atomic E-state index is 0.549. The molecule has 0 saturated carbocycles. The molecule has 102 valence electrons. The van der Waals surface area contributed by atoms with Crippen molar-refractivity contribution in [3.05, 3.63) is 29.3 Å². The third kappa shape index (κ3) is 3.98. The Morgan fingerprint density at radius 1 is 1.11 bits per heavy atom. The van der Waals surface area contributed by atoms with Gasteiger partial charge in [0.25, 0.3) is 0 Å². The van der Waals surface area contributed by atoms with Gasteiger partial charge in [0.15, 0.2) is 0 Å². The van der Waals surface area contributed by atoms with Gasteiger partial charge in [-0.15, -0.1) is 0 Å². The van der Waals surface area contributed by atoms with Crippen molar-refractivity contribution < 1.29 is 9.47 Å². The van der Waals surface area contributed by atoms with Gasteiger partial charge in [-0.3, -0.25) is 0 Å². The van der Waals surface area contributed by atoms with Crippen LogP contribution in [0, 0.1) is 6.92 Å². The average Bonchev–Trinajstić information content (AvgIpc) is 2.39. The fourth-order valence-electron chi connectivity index (χ4n) is 2.08. The van der Waals surface area contributed by atoms with Gasteiger partial charge in [-0.1, -0.05) is 18.2 Å². The number of anilines is 1. The monoisotopic (exact) mass is 252 g/mol. The van der Waals surface area contributed by atoms with E-state index in [9.17, 15) is 0 Å². The summed E-state index contributed by atoms with van der Waals surface area (Å²) >= 11 is 0. The van der Waals surface area contributed by atoms with Gasteiger partial charge >= 0.3 is 0 Å². The molecule has 0 radical (unpaired) electrons. The van der Waals surface area contributed by atoms with E-state index in [4.69, 9.17) is 15.2 Å². The first-order valence-electron chi connectivity index (χ1n) is 6.26. The molecule has 0 fully saturated rings. The summed E-state index contributed by atoms with van der Waals surface area (Å²) in [5.41, 5.74) is 9.45. The molecular formula is C14H24N2O2. The van der Waals surface area contributed by atoms with E-state index in [-0.39, 0.29) is 0 Å². The van der Waals surface area contributed by atoms with Crippen LogP contribution in [0.15, 0.2) is 18.2 Å². The van der Waals surface area contributed by atoms with Crippen LogP contribution >= 0.6 is 0 Å². The number of hydrogen-bond donors (Lipinski definition) is 1. The second-order valence-corrected chi connectivity index (χ2v) is 4.26. The van der Waals surface area contributed by atoms with E-state index in [0.717, 1.165) is 13.1 Å². The van der Waals surface area contributed by atoms with Crippen LogP contribution in [-0.4, -0.2) is 40.5 Å². The van der Waals surface area contributed by atoms with Gasteiger partial charge in [0, 0.05) is 39.5 Å². The Balaban J connectivity index is 2.94. The highest BCUT2D eigenvalue weighted by molar-refractivity contribution is 5.59. The molecule has 0 spiro atoms. The SMILES string of the molecule is COCCN(CCOC)c1c(C)cccc1CN. The topological polar surface area (TPSA) is 47.7 Å². The van der Waals surface area contributed by atoms with E-state index >= 15 is 0 Å². The van der Waals surface area contributed by atoms with Crippen molar-refractivity contribution in [2.75, 3.05) is 45.4 Å². The van der Waals surface area contributed by atoms with Gasteiger partial charge in [0.2, 0.25) is 0 Å². The molecule has 0 amide bonds. The molecular weight excluding hydrogens is 228 g/mol. The van der Waals surface area contributed by atoms with Crippen molar-refractivity contribution in [3.63, 3.8) is 0 Å². The molecule has 1 rings (SSSR count). The fourth-order valence-corrected chi connectivity index (χ4v) is 2.08. The van der Waals surface area contributed by atoms with Crippen LogP contribution in [0.25, 0.3) is 0 Å². The van der Waals surface area contributed by atoms with E-state index in [1.165, 1.54) is 16.8 Å². The summed E-state index contributed by atoms with van der Waals surface area (Å²) in [7, 11) is 3.44. The molecule has 0 bridgehead atoms. The van der Waals surface area contributed by atoms with Gasteiger partial charge in [0.1, 0.15) is 0 Å². The predicted octanol–water partition coefficient (Wildman–Crippen LogP) is 1.55. The lowest BCUT2D eigenvalue weighted by Crippen LogP contribution is -2.32. The van der Waals surface area contributed by atoms with Crippen LogP contribution < -0.4 is 10.6 Å². The first-order chi connectivity index (χ1) is 8.74. The van der Waals surface area contributed by atoms with Crippen molar-refractivity contribution >= 4 is 5.69 Å². The maximum Gasteiger partial charge on any atom is 0.0637 e. The zero-order valence-electron chi connectivity index (χ0n) is 11.6. The Hall–Kier alpha value is -1.10. The largest absolute Gasteiger partial charge is 0.383 e. The molecule has 0 aliphatic carbocycles. The van der Waals surface area contributed by atoms with E-state index in [0.29, 0.717) is 19.8 Å². The minimum atomic E-state index is 0.549. The molecule has 0 heterocycles. The van der Waals surface area contributed by atoms with E-state index < -0.39 is 0 Å². The number of nitrogens with two attached hydrogens (primary N) is 1. The minimum Gasteiger partial charge on any atom is -0.383 e. The Morgan fingerprint density at radius 2 is 1.72 bits per heavy atom. The average molecular weight is 252 g/mol. The molecule has 18 heavy (non-hydrogen) atoms. The summed E-state index contributed by atoms with van der Waals surface area (Å²) in [5.74, 6) is 0. The van der Waals surface area contributed by atoms with Gasteiger partial charge in [-0.25, -0.2) is 0 Å². The highest BCUT2D eigenvalue weighted by Crippen LogP contribution is 2.24. The number of nitrogens with zero attached hydrogens (tertiary/aromatic N) is 1. The summed E-state index contributed by atoms with van der Waals surface area (Å²) in [6.07, 6.45) is 0. The number of ether oxygens (including phenoxy) is 2. The Kier molecular flexibility index (Phi) is 6.72. The van der Waals surface area contributed by atoms with Crippen LogP contribution in [0.5, 0.6) is 0 Å². The van der Waals surface area contributed by atoms with Gasteiger partial charge in [0.05, 0.1) is 13.2 Å². The number of rotatable bonds is 8. The second-order valence-electron chi connectivity index (χ2n) is 4.26. The Bertz CT molecular complexity index is 348. The van der Waals surface area contributed by atoms with Crippen LogP contribution in [0.1, 0.15) is 11.1 Å². The first kappa shape index (κ1) is 15.0.